The minimum absolute atomic E-state index is 0.0635. The number of nitrogens with zero attached hydrogens (tertiary/aromatic N) is 3. The van der Waals surface area contributed by atoms with E-state index in [2.05, 4.69) is 0 Å². The average Bonchev–Trinajstić information content (AvgIpc) is 3.43. The molecule has 2 N–H and O–H groups in total. The SMILES string of the molecule is CC(C)c1nc2c(-c3cccc(S(=O)(=O)N4CCCC4)c3)cccc2n1C/C(F)=C/CN. The van der Waals surface area contributed by atoms with Crippen LogP contribution < -0.4 is 5.73 Å². The first-order chi connectivity index (χ1) is 15.3. The van der Waals surface area contributed by atoms with Gasteiger partial charge in [-0.1, -0.05) is 38.1 Å². The summed E-state index contributed by atoms with van der Waals surface area (Å²) in [5.74, 6) is 0.550. The highest BCUT2D eigenvalue weighted by molar-refractivity contribution is 7.89. The Morgan fingerprint density at radius 1 is 1.19 bits per heavy atom. The number of hydrogen-bond acceptors (Lipinski definition) is 4. The molecule has 2 heterocycles. The van der Waals surface area contributed by atoms with Gasteiger partial charge in [-0.05, 0) is 42.7 Å². The molecule has 0 saturated carbocycles. The number of hydrogen-bond donors (Lipinski definition) is 1. The number of rotatable bonds is 7. The lowest BCUT2D eigenvalue weighted by molar-refractivity contribution is 0.477. The second-order valence-electron chi connectivity index (χ2n) is 8.41. The molecule has 1 aliphatic heterocycles. The molecule has 1 saturated heterocycles. The summed E-state index contributed by atoms with van der Waals surface area (Å²) in [4.78, 5) is 5.14. The minimum atomic E-state index is -3.52. The maximum absolute atomic E-state index is 14.4. The molecule has 0 atom stereocenters. The highest BCUT2D eigenvalue weighted by Gasteiger charge is 2.27. The average molecular weight is 457 g/mol. The number of nitrogens with two attached hydrogens (primary N) is 1. The van der Waals surface area contributed by atoms with E-state index in [9.17, 15) is 12.8 Å². The van der Waals surface area contributed by atoms with Crippen molar-refractivity contribution in [2.24, 2.45) is 5.73 Å². The molecular formula is C24H29FN4O2S. The van der Waals surface area contributed by atoms with Crippen molar-refractivity contribution < 1.29 is 12.8 Å². The van der Waals surface area contributed by atoms with Crippen LogP contribution in [0.25, 0.3) is 22.2 Å². The quantitative estimate of drug-likeness (QED) is 0.571. The van der Waals surface area contributed by atoms with Crippen LogP contribution in [0.2, 0.25) is 0 Å². The summed E-state index contributed by atoms with van der Waals surface area (Å²) in [5, 5.41) is 0. The van der Waals surface area contributed by atoms with Gasteiger partial charge in [0.05, 0.1) is 22.5 Å². The van der Waals surface area contributed by atoms with Crippen LogP contribution in [-0.4, -0.2) is 41.9 Å². The van der Waals surface area contributed by atoms with E-state index in [0.717, 1.165) is 40.8 Å². The third-order valence-electron chi connectivity index (χ3n) is 5.82. The van der Waals surface area contributed by atoms with Gasteiger partial charge in [-0.25, -0.2) is 17.8 Å². The Labute approximate surface area is 188 Å². The lowest BCUT2D eigenvalue weighted by Gasteiger charge is -2.16. The topological polar surface area (TPSA) is 81.2 Å². The number of allylic oxidation sites excluding steroid dienone is 1. The van der Waals surface area contributed by atoms with Gasteiger partial charge in [-0.15, -0.1) is 0 Å². The van der Waals surface area contributed by atoms with E-state index in [1.165, 1.54) is 6.08 Å². The molecule has 0 amide bonds. The molecular weight excluding hydrogens is 427 g/mol. The standard InChI is InChI=1S/C24H29FN4O2S/c1-17(2)24-27-23-21(9-6-10-22(23)29(24)16-19(25)11-12-26)18-7-5-8-20(15-18)32(30,31)28-13-3-4-14-28/h5-11,15,17H,3-4,12-14,16,26H2,1-2H3/b19-11-. The van der Waals surface area contributed by atoms with Crippen LogP contribution in [0.5, 0.6) is 0 Å². The molecule has 1 aromatic heterocycles. The highest BCUT2D eigenvalue weighted by atomic mass is 32.2. The number of sulfonamides is 1. The molecule has 1 fully saturated rings. The summed E-state index contributed by atoms with van der Waals surface area (Å²) in [6.45, 7) is 5.36. The van der Waals surface area contributed by atoms with E-state index < -0.39 is 10.0 Å². The normalized spacial score (nSPS) is 15.8. The number of benzene rings is 2. The summed E-state index contributed by atoms with van der Waals surface area (Å²) < 4.78 is 43.9. The summed E-state index contributed by atoms with van der Waals surface area (Å²) in [6, 6.07) is 12.7. The number of fused-ring (bicyclic) bond motifs is 1. The van der Waals surface area contributed by atoms with Gasteiger partial charge in [0.25, 0.3) is 0 Å². The van der Waals surface area contributed by atoms with Crippen molar-refractivity contribution >= 4 is 21.1 Å². The van der Waals surface area contributed by atoms with Gasteiger partial charge in [-0.3, -0.25) is 0 Å². The Morgan fingerprint density at radius 2 is 1.91 bits per heavy atom. The Balaban J connectivity index is 1.83. The maximum Gasteiger partial charge on any atom is 0.243 e. The monoisotopic (exact) mass is 456 g/mol. The lowest BCUT2D eigenvalue weighted by atomic mass is 10.0. The van der Waals surface area contributed by atoms with Crippen LogP contribution in [0, 0.1) is 0 Å². The van der Waals surface area contributed by atoms with Crippen molar-refractivity contribution in [3.63, 3.8) is 0 Å². The lowest BCUT2D eigenvalue weighted by Crippen LogP contribution is -2.27. The molecule has 170 valence electrons. The largest absolute Gasteiger partial charge is 0.327 e. The van der Waals surface area contributed by atoms with E-state index in [4.69, 9.17) is 10.7 Å². The molecule has 0 aliphatic carbocycles. The molecule has 6 nitrogen and oxygen atoms in total. The fourth-order valence-corrected chi connectivity index (χ4v) is 5.81. The number of imidazole rings is 1. The predicted octanol–water partition coefficient (Wildman–Crippen LogP) is 4.42. The Bertz CT molecular complexity index is 1260. The summed E-state index contributed by atoms with van der Waals surface area (Å²) in [7, 11) is -3.52. The second kappa shape index (κ2) is 9.13. The molecule has 32 heavy (non-hydrogen) atoms. The smallest absolute Gasteiger partial charge is 0.243 e. The highest BCUT2D eigenvalue weighted by Crippen LogP contribution is 2.33. The van der Waals surface area contributed by atoms with Crippen LogP contribution in [0.4, 0.5) is 4.39 Å². The van der Waals surface area contributed by atoms with Crippen LogP contribution in [0.1, 0.15) is 38.4 Å². The van der Waals surface area contributed by atoms with Crippen LogP contribution in [-0.2, 0) is 16.6 Å². The van der Waals surface area contributed by atoms with Crippen molar-refractivity contribution in [2.45, 2.75) is 44.0 Å². The fraction of sp³-hybridized carbons (Fsp3) is 0.375. The van der Waals surface area contributed by atoms with Crippen molar-refractivity contribution in [1.82, 2.24) is 13.9 Å². The van der Waals surface area contributed by atoms with Gasteiger partial charge in [0, 0.05) is 31.1 Å². The minimum Gasteiger partial charge on any atom is -0.327 e. The summed E-state index contributed by atoms with van der Waals surface area (Å²) >= 11 is 0. The maximum atomic E-state index is 14.4. The Kier molecular flexibility index (Phi) is 6.46. The summed E-state index contributed by atoms with van der Waals surface area (Å²) in [5.41, 5.74) is 8.60. The van der Waals surface area contributed by atoms with E-state index in [1.807, 2.05) is 42.7 Å². The molecule has 0 unspecified atom stereocenters. The zero-order valence-electron chi connectivity index (χ0n) is 18.5. The van der Waals surface area contributed by atoms with Crippen molar-refractivity contribution in [2.75, 3.05) is 19.6 Å². The van der Waals surface area contributed by atoms with Crippen LogP contribution in [0.15, 0.2) is 59.3 Å². The zero-order chi connectivity index (χ0) is 22.9. The first-order valence-electron chi connectivity index (χ1n) is 11.0. The molecule has 0 radical (unpaired) electrons. The van der Waals surface area contributed by atoms with E-state index >= 15 is 0 Å². The molecule has 1 aliphatic rings. The van der Waals surface area contributed by atoms with Gasteiger partial charge >= 0.3 is 0 Å². The number of aromatic nitrogens is 2. The summed E-state index contributed by atoms with van der Waals surface area (Å²) in [6.07, 6.45) is 3.15. The molecule has 8 heteroatoms. The van der Waals surface area contributed by atoms with Crippen LogP contribution >= 0.6 is 0 Å². The molecule has 0 bridgehead atoms. The number of halogens is 1. The second-order valence-corrected chi connectivity index (χ2v) is 10.3. The first kappa shape index (κ1) is 22.6. The Morgan fingerprint density at radius 3 is 2.59 bits per heavy atom. The van der Waals surface area contributed by atoms with E-state index in [1.54, 1.807) is 22.5 Å². The fourth-order valence-electron chi connectivity index (χ4n) is 4.25. The Hall–Kier alpha value is -2.55. The molecule has 0 spiro atoms. The van der Waals surface area contributed by atoms with Crippen LogP contribution in [0.3, 0.4) is 0 Å². The van der Waals surface area contributed by atoms with Crippen molar-refractivity contribution in [1.29, 1.82) is 0 Å². The third kappa shape index (κ3) is 4.22. The van der Waals surface area contributed by atoms with Gasteiger partial charge in [0.1, 0.15) is 11.7 Å². The van der Waals surface area contributed by atoms with Crippen molar-refractivity contribution in [3.05, 3.63) is 60.2 Å². The van der Waals surface area contributed by atoms with Gasteiger partial charge < -0.3 is 10.3 Å². The van der Waals surface area contributed by atoms with E-state index in [-0.39, 0.29) is 29.7 Å². The third-order valence-corrected chi connectivity index (χ3v) is 7.72. The predicted molar refractivity (Wildman–Crippen MR) is 125 cm³/mol. The van der Waals surface area contributed by atoms with Crippen molar-refractivity contribution in [3.8, 4) is 11.1 Å². The molecule has 3 aromatic rings. The molecule has 4 rings (SSSR count). The van der Waals surface area contributed by atoms with E-state index in [0.29, 0.717) is 13.1 Å². The molecule has 2 aromatic carbocycles. The van der Waals surface area contributed by atoms with Gasteiger partial charge in [0.15, 0.2) is 0 Å². The number of para-hydroxylation sites is 1. The van der Waals surface area contributed by atoms with Gasteiger partial charge in [-0.2, -0.15) is 4.31 Å². The zero-order valence-corrected chi connectivity index (χ0v) is 19.3. The first-order valence-corrected chi connectivity index (χ1v) is 12.4. The van der Waals surface area contributed by atoms with Gasteiger partial charge in [0.2, 0.25) is 10.0 Å².